The van der Waals surface area contributed by atoms with Crippen LogP contribution in [-0.4, -0.2) is 29.3 Å². The molecule has 1 aliphatic rings. The third kappa shape index (κ3) is 3.66. The number of halogens is 1. The summed E-state index contributed by atoms with van der Waals surface area (Å²) in [6, 6.07) is 0. The number of methoxy groups -OCH3 is 1. The van der Waals surface area contributed by atoms with Gasteiger partial charge in [-0.15, -0.1) is 0 Å². The van der Waals surface area contributed by atoms with E-state index in [9.17, 15) is 4.79 Å². The number of ketones is 1. The number of rotatable bonds is 5. The first-order valence-electron chi connectivity index (χ1n) is 6.98. The quantitative estimate of drug-likeness (QED) is 0.614. The standard InChI is InChI=1S/C14H21BrN2O2/c1-19-9-8-17-13(12(15)10-16-17)14(18)11-6-4-2-3-5-7-11/h10-11H,2-9H2,1H3. The summed E-state index contributed by atoms with van der Waals surface area (Å²) in [6.45, 7) is 1.19. The molecule has 1 heterocycles. The van der Waals surface area contributed by atoms with Crippen LogP contribution in [0.2, 0.25) is 0 Å². The molecule has 0 aromatic carbocycles. The third-order valence-electron chi connectivity index (χ3n) is 3.76. The third-order valence-corrected chi connectivity index (χ3v) is 4.34. The van der Waals surface area contributed by atoms with Crippen molar-refractivity contribution >= 4 is 21.7 Å². The van der Waals surface area contributed by atoms with Gasteiger partial charge < -0.3 is 4.74 Å². The Balaban J connectivity index is 2.14. The van der Waals surface area contributed by atoms with E-state index in [-0.39, 0.29) is 11.7 Å². The van der Waals surface area contributed by atoms with Crippen molar-refractivity contribution in [3.8, 4) is 0 Å². The van der Waals surface area contributed by atoms with Crippen LogP contribution >= 0.6 is 15.9 Å². The first-order chi connectivity index (χ1) is 9.24. The molecule has 106 valence electrons. The second-order valence-electron chi connectivity index (χ2n) is 5.11. The summed E-state index contributed by atoms with van der Waals surface area (Å²) >= 11 is 3.45. The molecule has 0 bridgehead atoms. The summed E-state index contributed by atoms with van der Waals surface area (Å²) in [5, 5.41) is 4.26. The van der Waals surface area contributed by atoms with E-state index in [1.54, 1.807) is 18.0 Å². The van der Waals surface area contributed by atoms with Gasteiger partial charge in [-0.25, -0.2) is 0 Å². The SMILES string of the molecule is COCCn1ncc(Br)c1C(=O)C1CCCCCC1. The Morgan fingerprint density at radius 3 is 2.74 bits per heavy atom. The Bertz CT molecular complexity index is 423. The van der Waals surface area contributed by atoms with Crippen LogP contribution in [0.3, 0.4) is 0 Å². The number of hydrogen-bond donors (Lipinski definition) is 0. The number of carbonyl (C=O) groups excluding carboxylic acids is 1. The zero-order valence-corrected chi connectivity index (χ0v) is 13.0. The maximum atomic E-state index is 12.7. The maximum absolute atomic E-state index is 12.7. The fraction of sp³-hybridized carbons (Fsp3) is 0.714. The molecule has 0 N–H and O–H groups in total. The molecule has 0 unspecified atom stereocenters. The molecule has 0 amide bonds. The summed E-state index contributed by atoms with van der Waals surface area (Å²) in [4.78, 5) is 12.7. The van der Waals surface area contributed by atoms with Gasteiger partial charge in [0.05, 0.1) is 23.8 Å². The molecule has 1 fully saturated rings. The molecule has 1 aromatic heterocycles. The van der Waals surface area contributed by atoms with E-state index in [4.69, 9.17) is 4.74 Å². The lowest BCUT2D eigenvalue weighted by atomic mass is 9.93. The first-order valence-corrected chi connectivity index (χ1v) is 7.77. The van der Waals surface area contributed by atoms with Gasteiger partial charge in [0.1, 0.15) is 5.69 Å². The maximum Gasteiger partial charge on any atom is 0.185 e. The second kappa shape index (κ2) is 7.20. The van der Waals surface area contributed by atoms with E-state index in [2.05, 4.69) is 21.0 Å². The average Bonchev–Trinajstić information content (AvgIpc) is 2.64. The van der Waals surface area contributed by atoms with Crippen molar-refractivity contribution in [2.75, 3.05) is 13.7 Å². The average molecular weight is 329 g/mol. The number of nitrogens with zero attached hydrogens (tertiary/aromatic N) is 2. The molecule has 0 saturated heterocycles. The van der Waals surface area contributed by atoms with Gasteiger partial charge in [0.2, 0.25) is 0 Å². The molecular formula is C14H21BrN2O2. The van der Waals surface area contributed by atoms with Crippen LogP contribution in [0.5, 0.6) is 0 Å². The Labute approximate surface area is 122 Å². The van der Waals surface area contributed by atoms with Gasteiger partial charge in [-0.3, -0.25) is 9.48 Å². The fourth-order valence-corrected chi connectivity index (χ4v) is 3.18. The molecule has 1 aliphatic carbocycles. The van der Waals surface area contributed by atoms with Crippen molar-refractivity contribution in [2.24, 2.45) is 5.92 Å². The van der Waals surface area contributed by atoms with Crippen LogP contribution in [0.1, 0.15) is 49.0 Å². The number of Topliss-reactive ketones (excluding diaryl/α,β-unsaturated/α-hetero) is 1. The molecule has 0 aliphatic heterocycles. The zero-order chi connectivity index (χ0) is 13.7. The zero-order valence-electron chi connectivity index (χ0n) is 11.4. The van der Waals surface area contributed by atoms with Crippen LogP contribution in [0.25, 0.3) is 0 Å². The van der Waals surface area contributed by atoms with Gasteiger partial charge in [-0.2, -0.15) is 5.10 Å². The molecule has 4 nitrogen and oxygen atoms in total. The fourth-order valence-electron chi connectivity index (χ4n) is 2.69. The molecule has 1 aromatic rings. The van der Waals surface area contributed by atoms with Gasteiger partial charge in [0.25, 0.3) is 0 Å². The molecule has 5 heteroatoms. The summed E-state index contributed by atoms with van der Waals surface area (Å²) in [5.41, 5.74) is 0.712. The summed E-state index contributed by atoms with van der Waals surface area (Å²) in [7, 11) is 1.66. The monoisotopic (exact) mass is 328 g/mol. The van der Waals surface area contributed by atoms with E-state index in [0.717, 1.165) is 17.3 Å². The number of aromatic nitrogens is 2. The van der Waals surface area contributed by atoms with Crippen LogP contribution in [-0.2, 0) is 11.3 Å². The number of hydrogen-bond acceptors (Lipinski definition) is 3. The minimum Gasteiger partial charge on any atom is -0.383 e. The van der Waals surface area contributed by atoms with Crippen LogP contribution in [0.4, 0.5) is 0 Å². The summed E-state index contributed by atoms with van der Waals surface area (Å²) < 4.78 is 7.64. The van der Waals surface area contributed by atoms with Crippen LogP contribution in [0, 0.1) is 5.92 Å². The van der Waals surface area contributed by atoms with Crippen LogP contribution < -0.4 is 0 Å². The van der Waals surface area contributed by atoms with Crippen molar-refractivity contribution < 1.29 is 9.53 Å². The highest BCUT2D eigenvalue weighted by atomic mass is 79.9. The molecule has 19 heavy (non-hydrogen) atoms. The lowest BCUT2D eigenvalue weighted by Gasteiger charge is -2.14. The van der Waals surface area contributed by atoms with E-state index >= 15 is 0 Å². The van der Waals surface area contributed by atoms with Crippen molar-refractivity contribution in [3.63, 3.8) is 0 Å². The largest absolute Gasteiger partial charge is 0.383 e. The first kappa shape index (κ1) is 14.7. The van der Waals surface area contributed by atoms with E-state index in [1.165, 1.54) is 25.7 Å². The summed E-state index contributed by atoms with van der Waals surface area (Å²) in [6.07, 6.45) is 8.59. The summed E-state index contributed by atoms with van der Waals surface area (Å²) in [5.74, 6) is 0.402. The topological polar surface area (TPSA) is 44.1 Å². The van der Waals surface area contributed by atoms with Gasteiger partial charge in [-0.1, -0.05) is 25.7 Å². The second-order valence-corrected chi connectivity index (χ2v) is 5.96. The Kier molecular flexibility index (Phi) is 5.58. The Morgan fingerprint density at radius 1 is 1.42 bits per heavy atom. The van der Waals surface area contributed by atoms with Gasteiger partial charge in [0.15, 0.2) is 5.78 Å². The molecule has 0 spiro atoms. The molecule has 2 rings (SSSR count). The van der Waals surface area contributed by atoms with E-state index in [1.807, 2.05) is 0 Å². The van der Waals surface area contributed by atoms with Crippen molar-refractivity contribution in [1.82, 2.24) is 9.78 Å². The smallest absolute Gasteiger partial charge is 0.185 e. The minimum absolute atomic E-state index is 0.164. The van der Waals surface area contributed by atoms with Crippen LogP contribution in [0.15, 0.2) is 10.7 Å². The Hall–Kier alpha value is -0.680. The predicted octanol–water partition coefficient (Wildman–Crippen LogP) is 3.45. The van der Waals surface area contributed by atoms with Gasteiger partial charge in [0, 0.05) is 13.0 Å². The molecule has 0 atom stereocenters. The van der Waals surface area contributed by atoms with Crippen molar-refractivity contribution in [2.45, 2.75) is 45.1 Å². The van der Waals surface area contributed by atoms with Gasteiger partial charge >= 0.3 is 0 Å². The highest BCUT2D eigenvalue weighted by molar-refractivity contribution is 9.10. The lowest BCUT2D eigenvalue weighted by Crippen LogP contribution is -2.20. The van der Waals surface area contributed by atoms with Crippen molar-refractivity contribution in [3.05, 3.63) is 16.4 Å². The number of carbonyl (C=O) groups is 1. The highest BCUT2D eigenvalue weighted by Gasteiger charge is 2.26. The van der Waals surface area contributed by atoms with E-state index < -0.39 is 0 Å². The minimum atomic E-state index is 0.164. The Morgan fingerprint density at radius 2 is 2.11 bits per heavy atom. The molecular weight excluding hydrogens is 308 g/mol. The molecule has 1 saturated carbocycles. The van der Waals surface area contributed by atoms with E-state index in [0.29, 0.717) is 18.8 Å². The predicted molar refractivity (Wildman–Crippen MR) is 77.3 cm³/mol. The number of ether oxygens (including phenoxy) is 1. The normalized spacial score (nSPS) is 17.4. The molecule has 0 radical (unpaired) electrons. The van der Waals surface area contributed by atoms with Crippen molar-refractivity contribution in [1.29, 1.82) is 0 Å². The lowest BCUT2D eigenvalue weighted by molar-refractivity contribution is 0.0892. The van der Waals surface area contributed by atoms with Gasteiger partial charge in [-0.05, 0) is 28.8 Å². The highest BCUT2D eigenvalue weighted by Crippen LogP contribution is 2.28.